The minimum absolute atomic E-state index is 0.0934. The number of carbonyl (C=O) groups excluding carboxylic acids is 3. The molecule has 1 aromatic heterocycles. The molecule has 0 saturated carbocycles. The molecule has 1 aliphatic rings. The Balaban J connectivity index is 1.40. The van der Waals surface area contributed by atoms with Crippen LogP contribution in [0.5, 0.6) is 11.5 Å². The summed E-state index contributed by atoms with van der Waals surface area (Å²) >= 11 is 0. The van der Waals surface area contributed by atoms with E-state index in [9.17, 15) is 23.9 Å². The third-order valence-corrected chi connectivity index (χ3v) is 5.74. The molecule has 2 aromatic carbocycles. The fourth-order valence-corrected chi connectivity index (χ4v) is 3.89. The van der Waals surface area contributed by atoms with Crippen LogP contribution < -0.4 is 20.7 Å². The molecule has 0 bridgehead atoms. The Bertz CT molecular complexity index is 1230. The van der Waals surface area contributed by atoms with Gasteiger partial charge in [-0.15, -0.1) is 0 Å². The molecule has 1 aliphatic heterocycles. The molecular formula is C24H24FN5O5. The SMILES string of the molecule is COc1ccc(O)c(C(=O)c2ccc(C(=O)NC3CNC[C@H]3NC(=O)Cc3cn[nH]c3)cc2)c1F. The Morgan fingerprint density at radius 3 is 2.43 bits per heavy atom. The maximum absolute atomic E-state index is 14.5. The molecule has 11 heteroatoms. The van der Waals surface area contributed by atoms with E-state index in [0.717, 1.165) is 5.56 Å². The normalized spacial score (nSPS) is 17.1. The largest absolute Gasteiger partial charge is 0.507 e. The average Bonchev–Trinajstić information content (AvgIpc) is 3.51. The number of nitrogens with zero attached hydrogens (tertiary/aromatic N) is 1. The second kappa shape index (κ2) is 10.3. The van der Waals surface area contributed by atoms with Crippen LogP contribution in [0.15, 0.2) is 48.8 Å². The van der Waals surface area contributed by atoms with Gasteiger partial charge in [0.25, 0.3) is 5.91 Å². The van der Waals surface area contributed by atoms with Gasteiger partial charge in [-0.05, 0) is 29.8 Å². The zero-order valence-corrected chi connectivity index (χ0v) is 18.8. The van der Waals surface area contributed by atoms with Crippen LogP contribution in [0.1, 0.15) is 31.8 Å². The van der Waals surface area contributed by atoms with Crippen molar-refractivity contribution in [1.82, 2.24) is 26.1 Å². The number of aromatic amines is 1. The summed E-state index contributed by atoms with van der Waals surface area (Å²) in [4.78, 5) is 37.8. The zero-order chi connectivity index (χ0) is 24.9. The number of phenols is 1. The van der Waals surface area contributed by atoms with E-state index in [0.29, 0.717) is 13.1 Å². The predicted molar refractivity (Wildman–Crippen MR) is 123 cm³/mol. The predicted octanol–water partition coefficient (Wildman–Crippen LogP) is 0.923. The van der Waals surface area contributed by atoms with Crippen LogP contribution in [0.2, 0.25) is 0 Å². The molecule has 4 rings (SSSR count). The van der Waals surface area contributed by atoms with Gasteiger partial charge in [0.2, 0.25) is 5.91 Å². The van der Waals surface area contributed by atoms with E-state index in [1.807, 2.05) is 0 Å². The number of amides is 2. The van der Waals surface area contributed by atoms with Gasteiger partial charge in [-0.1, -0.05) is 12.1 Å². The number of rotatable bonds is 8. The number of benzene rings is 2. The van der Waals surface area contributed by atoms with Crippen LogP contribution in [0.3, 0.4) is 0 Å². The number of halogens is 1. The summed E-state index contributed by atoms with van der Waals surface area (Å²) in [6, 6.07) is 7.41. The van der Waals surface area contributed by atoms with Gasteiger partial charge in [-0.25, -0.2) is 4.39 Å². The van der Waals surface area contributed by atoms with E-state index in [1.54, 1.807) is 12.4 Å². The van der Waals surface area contributed by atoms with Crippen LogP contribution in [0, 0.1) is 5.82 Å². The number of hydrogen-bond donors (Lipinski definition) is 5. The molecule has 1 saturated heterocycles. The van der Waals surface area contributed by atoms with Crippen LogP contribution in [0.25, 0.3) is 0 Å². The Kier molecular flexibility index (Phi) is 7.06. The van der Waals surface area contributed by atoms with E-state index < -0.39 is 22.9 Å². The second-order valence-electron chi connectivity index (χ2n) is 8.08. The minimum atomic E-state index is -0.964. The van der Waals surface area contributed by atoms with Crippen molar-refractivity contribution in [2.45, 2.75) is 18.5 Å². The highest BCUT2D eigenvalue weighted by Gasteiger charge is 2.30. The lowest BCUT2D eigenvalue weighted by Crippen LogP contribution is -2.51. The van der Waals surface area contributed by atoms with Gasteiger partial charge < -0.3 is 25.8 Å². The molecule has 3 aromatic rings. The standard InChI is InChI=1S/C24H24FN5O5/c1-35-19-7-6-18(31)21(22(19)25)23(33)14-2-4-15(5-3-14)24(34)30-17-12-26-11-16(17)29-20(32)8-13-9-27-28-10-13/h2-7,9-10,16-17,26,31H,8,11-12H2,1H3,(H,27,28)(H,29,32)(H,30,34)/t16-,17?/m1/s1. The first-order valence-corrected chi connectivity index (χ1v) is 10.9. The summed E-state index contributed by atoms with van der Waals surface area (Å²) in [7, 11) is 1.26. The summed E-state index contributed by atoms with van der Waals surface area (Å²) in [5.41, 5.74) is 0.626. The number of aromatic nitrogens is 2. The highest BCUT2D eigenvalue weighted by atomic mass is 19.1. The highest BCUT2D eigenvalue weighted by molar-refractivity contribution is 6.11. The number of aromatic hydroxyl groups is 1. The van der Waals surface area contributed by atoms with Crippen LogP contribution >= 0.6 is 0 Å². The van der Waals surface area contributed by atoms with Gasteiger partial charge >= 0.3 is 0 Å². The number of methoxy groups -OCH3 is 1. The Morgan fingerprint density at radius 2 is 1.77 bits per heavy atom. The molecule has 182 valence electrons. The smallest absolute Gasteiger partial charge is 0.251 e. The molecule has 0 spiro atoms. The number of H-pyrrole nitrogens is 1. The minimum Gasteiger partial charge on any atom is -0.507 e. The molecule has 5 N–H and O–H groups in total. The maximum atomic E-state index is 14.5. The maximum Gasteiger partial charge on any atom is 0.251 e. The molecule has 2 amide bonds. The molecule has 0 radical (unpaired) electrons. The summed E-state index contributed by atoms with van der Waals surface area (Å²) in [5.74, 6) is -2.96. The van der Waals surface area contributed by atoms with Gasteiger partial charge in [0.15, 0.2) is 17.3 Å². The third kappa shape index (κ3) is 5.30. The van der Waals surface area contributed by atoms with Crippen molar-refractivity contribution in [3.05, 3.63) is 76.9 Å². The second-order valence-corrected chi connectivity index (χ2v) is 8.08. The number of carbonyl (C=O) groups is 3. The lowest BCUT2D eigenvalue weighted by molar-refractivity contribution is -0.121. The molecule has 0 aliphatic carbocycles. The fraction of sp³-hybridized carbons (Fsp3) is 0.250. The van der Waals surface area contributed by atoms with Crippen molar-refractivity contribution < 1.29 is 28.6 Å². The van der Waals surface area contributed by atoms with E-state index in [4.69, 9.17) is 4.74 Å². The van der Waals surface area contributed by atoms with Gasteiger partial charge in [-0.2, -0.15) is 5.10 Å². The first kappa shape index (κ1) is 23.9. The Hall–Kier alpha value is -4.25. The zero-order valence-electron chi connectivity index (χ0n) is 18.8. The van der Waals surface area contributed by atoms with Crippen LogP contribution in [-0.4, -0.2) is 65.2 Å². The van der Waals surface area contributed by atoms with Gasteiger partial charge in [0, 0.05) is 30.4 Å². The van der Waals surface area contributed by atoms with E-state index in [1.165, 1.54) is 43.5 Å². The molecule has 2 heterocycles. The Morgan fingerprint density at radius 1 is 1.09 bits per heavy atom. The third-order valence-electron chi connectivity index (χ3n) is 5.74. The number of ketones is 1. The van der Waals surface area contributed by atoms with Crippen LogP contribution in [0.4, 0.5) is 4.39 Å². The number of hydrogen-bond acceptors (Lipinski definition) is 7. The van der Waals surface area contributed by atoms with Crippen molar-refractivity contribution in [2.24, 2.45) is 0 Å². The number of nitrogens with one attached hydrogen (secondary N) is 4. The molecule has 2 atom stereocenters. The summed E-state index contributed by atoms with van der Waals surface area (Å²) in [5, 5.41) is 25.4. The van der Waals surface area contributed by atoms with Crippen molar-refractivity contribution in [3.8, 4) is 11.5 Å². The molecule has 10 nitrogen and oxygen atoms in total. The summed E-state index contributed by atoms with van der Waals surface area (Å²) < 4.78 is 19.4. The lowest BCUT2D eigenvalue weighted by atomic mass is 10.00. The highest BCUT2D eigenvalue weighted by Crippen LogP contribution is 2.30. The first-order chi connectivity index (χ1) is 16.9. The van der Waals surface area contributed by atoms with Gasteiger partial charge in [0.05, 0.1) is 31.8 Å². The van der Waals surface area contributed by atoms with E-state index in [2.05, 4.69) is 26.1 Å². The monoisotopic (exact) mass is 481 g/mol. The molecule has 35 heavy (non-hydrogen) atoms. The van der Waals surface area contributed by atoms with Gasteiger partial charge in [0.1, 0.15) is 11.3 Å². The van der Waals surface area contributed by atoms with Crippen molar-refractivity contribution in [1.29, 1.82) is 0 Å². The van der Waals surface area contributed by atoms with Crippen molar-refractivity contribution >= 4 is 17.6 Å². The quantitative estimate of drug-likeness (QED) is 0.301. The lowest BCUT2D eigenvalue weighted by Gasteiger charge is -2.21. The molecular weight excluding hydrogens is 457 g/mol. The Labute approximate surface area is 199 Å². The van der Waals surface area contributed by atoms with E-state index >= 15 is 0 Å². The fourth-order valence-electron chi connectivity index (χ4n) is 3.89. The topological polar surface area (TPSA) is 145 Å². The summed E-state index contributed by atoms with van der Waals surface area (Å²) in [6.45, 7) is 0.985. The van der Waals surface area contributed by atoms with E-state index in [-0.39, 0.29) is 47.2 Å². The molecule has 1 unspecified atom stereocenters. The molecule has 1 fully saturated rings. The van der Waals surface area contributed by atoms with Crippen molar-refractivity contribution in [2.75, 3.05) is 20.2 Å². The van der Waals surface area contributed by atoms with Crippen LogP contribution in [-0.2, 0) is 11.2 Å². The van der Waals surface area contributed by atoms with Gasteiger partial charge in [-0.3, -0.25) is 19.5 Å². The first-order valence-electron chi connectivity index (χ1n) is 10.9. The number of phenolic OH excluding ortho intramolecular Hbond substituents is 1. The van der Waals surface area contributed by atoms with Crippen molar-refractivity contribution in [3.63, 3.8) is 0 Å². The summed E-state index contributed by atoms with van der Waals surface area (Å²) in [6.07, 6.45) is 3.39. The number of ether oxygens (including phenoxy) is 1. The average molecular weight is 481 g/mol.